The number of aliphatic hydroxyl groups excluding tert-OH is 1. The number of aliphatic hydroxyl groups is 1. The van der Waals surface area contributed by atoms with E-state index in [0.29, 0.717) is 18.4 Å². The Bertz CT molecular complexity index is 460. The molecule has 4 nitrogen and oxygen atoms in total. The maximum atomic E-state index is 12.0. The van der Waals surface area contributed by atoms with Gasteiger partial charge >= 0.3 is 6.61 Å². The molecule has 0 fully saturated rings. The number of ether oxygens (including phenoxy) is 1. The van der Waals surface area contributed by atoms with E-state index in [1.165, 1.54) is 18.2 Å². The highest BCUT2D eigenvalue weighted by atomic mass is 19.3. The third-order valence-corrected chi connectivity index (χ3v) is 2.72. The summed E-state index contributed by atoms with van der Waals surface area (Å²) in [4.78, 5) is 11.6. The molecule has 0 aromatic heterocycles. The molecule has 1 atom stereocenters. The lowest BCUT2D eigenvalue weighted by Gasteiger charge is -2.11. The fourth-order valence-corrected chi connectivity index (χ4v) is 1.69. The molecule has 0 aliphatic heterocycles. The van der Waals surface area contributed by atoms with Gasteiger partial charge in [-0.05, 0) is 43.5 Å². The number of hydrogen-bond donors (Lipinski definition) is 2. The summed E-state index contributed by atoms with van der Waals surface area (Å²) in [6.07, 6.45) is 4.30. The summed E-state index contributed by atoms with van der Waals surface area (Å²) >= 11 is 0. The lowest BCUT2D eigenvalue weighted by molar-refractivity contribution is -0.117. The van der Waals surface area contributed by atoms with Crippen LogP contribution in [-0.2, 0) is 4.79 Å². The summed E-state index contributed by atoms with van der Waals surface area (Å²) in [5.41, 5.74) is 0.703. The molecule has 0 aliphatic rings. The first-order valence-corrected chi connectivity index (χ1v) is 6.65. The molecule has 6 heteroatoms. The lowest BCUT2D eigenvalue weighted by atomic mass is 10.2. The monoisotopic (exact) mass is 299 g/mol. The van der Waals surface area contributed by atoms with E-state index in [1.807, 2.05) is 6.92 Å². The highest BCUT2D eigenvalue weighted by Crippen LogP contribution is 2.15. The van der Waals surface area contributed by atoms with Crippen molar-refractivity contribution in [3.8, 4) is 5.75 Å². The zero-order chi connectivity index (χ0) is 15.7. The molecule has 0 radical (unpaired) electrons. The van der Waals surface area contributed by atoms with Crippen molar-refractivity contribution >= 4 is 12.0 Å². The van der Waals surface area contributed by atoms with Crippen molar-refractivity contribution in [2.45, 2.75) is 32.4 Å². The highest BCUT2D eigenvalue weighted by molar-refractivity contribution is 5.91. The Morgan fingerprint density at radius 3 is 2.62 bits per heavy atom. The topological polar surface area (TPSA) is 58.6 Å². The van der Waals surface area contributed by atoms with Crippen LogP contribution in [0.2, 0.25) is 0 Å². The molecule has 21 heavy (non-hydrogen) atoms. The van der Waals surface area contributed by atoms with Crippen LogP contribution in [0.1, 0.15) is 25.3 Å². The van der Waals surface area contributed by atoms with Crippen molar-refractivity contribution in [2.24, 2.45) is 0 Å². The minimum absolute atomic E-state index is 0.0175. The van der Waals surface area contributed by atoms with E-state index in [0.717, 1.165) is 0 Å². The van der Waals surface area contributed by atoms with Crippen molar-refractivity contribution in [3.63, 3.8) is 0 Å². The molecule has 0 spiro atoms. The van der Waals surface area contributed by atoms with Crippen molar-refractivity contribution < 1.29 is 23.4 Å². The summed E-state index contributed by atoms with van der Waals surface area (Å²) in [5.74, 6) is -0.169. The average Bonchev–Trinajstić information content (AvgIpc) is 2.44. The van der Waals surface area contributed by atoms with E-state index in [2.05, 4.69) is 10.1 Å². The molecule has 1 aromatic carbocycles. The van der Waals surface area contributed by atoms with Crippen LogP contribution in [0.25, 0.3) is 6.08 Å². The van der Waals surface area contributed by atoms with Crippen LogP contribution in [0.5, 0.6) is 5.75 Å². The SMILES string of the molecule is CC(CCCO)NC(=O)/C=C/c1ccc(OC(F)F)cc1. The Labute approximate surface area is 122 Å². The number of carbonyl (C=O) groups is 1. The number of rotatable bonds is 8. The first-order valence-electron chi connectivity index (χ1n) is 6.65. The normalized spacial score (nSPS) is 12.6. The average molecular weight is 299 g/mol. The molecule has 0 bridgehead atoms. The molecule has 116 valence electrons. The van der Waals surface area contributed by atoms with E-state index in [4.69, 9.17) is 5.11 Å². The third-order valence-electron chi connectivity index (χ3n) is 2.72. The van der Waals surface area contributed by atoms with Crippen LogP contribution in [0.4, 0.5) is 8.78 Å². The second kappa shape index (κ2) is 9.07. The molecule has 0 saturated heterocycles. The summed E-state index contributed by atoms with van der Waals surface area (Å²) in [6.45, 7) is -0.890. The fraction of sp³-hybridized carbons (Fsp3) is 0.400. The Balaban J connectivity index is 2.46. The Morgan fingerprint density at radius 2 is 2.05 bits per heavy atom. The van der Waals surface area contributed by atoms with Gasteiger partial charge in [-0.3, -0.25) is 4.79 Å². The van der Waals surface area contributed by atoms with Gasteiger partial charge < -0.3 is 15.2 Å². The fourth-order valence-electron chi connectivity index (χ4n) is 1.69. The summed E-state index contributed by atoms with van der Waals surface area (Å²) in [6, 6.07) is 5.96. The molecular weight excluding hydrogens is 280 g/mol. The Kier molecular flexibility index (Phi) is 7.39. The van der Waals surface area contributed by atoms with Gasteiger partial charge in [-0.25, -0.2) is 0 Å². The van der Waals surface area contributed by atoms with E-state index in [-0.39, 0.29) is 24.3 Å². The molecule has 1 rings (SSSR count). The van der Waals surface area contributed by atoms with Gasteiger partial charge in [0.25, 0.3) is 0 Å². The smallest absolute Gasteiger partial charge is 0.387 e. The molecule has 0 heterocycles. The van der Waals surface area contributed by atoms with E-state index >= 15 is 0 Å². The van der Waals surface area contributed by atoms with Gasteiger partial charge in [0.05, 0.1) is 0 Å². The van der Waals surface area contributed by atoms with Crippen LogP contribution in [0, 0.1) is 0 Å². The van der Waals surface area contributed by atoms with Gasteiger partial charge in [0.15, 0.2) is 0 Å². The maximum absolute atomic E-state index is 12.0. The number of amides is 1. The van der Waals surface area contributed by atoms with E-state index in [9.17, 15) is 13.6 Å². The molecule has 0 saturated carbocycles. The van der Waals surface area contributed by atoms with Crippen molar-refractivity contribution in [1.29, 1.82) is 0 Å². The van der Waals surface area contributed by atoms with Gasteiger partial charge in [0.2, 0.25) is 5.91 Å². The molecule has 1 amide bonds. The van der Waals surface area contributed by atoms with Crippen LogP contribution in [-0.4, -0.2) is 30.3 Å². The standard InChI is InChI=1S/C15H19F2NO3/c1-11(3-2-10-19)18-14(20)9-6-12-4-7-13(8-5-12)21-15(16)17/h4-9,11,15,19H,2-3,10H2,1H3,(H,18,20)/b9-6+. The van der Waals surface area contributed by atoms with Crippen LogP contribution in [0.15, 0.2) is 30.3 Å². The van der Waals surface area contributed by atoms with E-state index < -0.39 is 6.61 Å². The Morgan fingerprint density at radius 1 is 1.38 bits per heavy atom. The molecule has 0 aliphatic carbocycles. The zero-order valence-electron chi connectivity index (χ0n) is 11.8. The number of nitrogens with one attached hydrogen (secondary N) is 1. The number of hydrogen-bond acceptors (Lipinski definition) is 3. The number of alkyl halides is 2. The minimum atomic E-state index is -2.85. The van der Waals surface area contributed by atoms with E-state index in [1.54, 1.807) is 18.2 Å². The second-order valence-corrected chi connectivity index (χ2v) is 4.56. The minimum Gasteiger partial charge on any atom is -0.435 e. The van der Waals surface area contributed by atoms with Gasteiger partial charge in [0.1, 0.15) is 5.75 Å². The van der Waals surface area contributed by atoms with Crippen molar-refractivity contribution in [3.05, 3.63) is 35.9 Å². The zero-order valence-corrected chi connectivity index (χ0v) is 11.8. The van der Waals surface area contributed by atoms with Crippen LogP contribution in [0.3, 0.4) is 0 Å². The maximum Gasteiger partial charge on any atom is 0.387 e. The van der Waals surface area contributed by atoms with Crippen molar-refractivity contribution in [2.75, 3.05) is 6.61 Å². The number of benzene rings is 1. The molecular formula is C15H19F2NO3. The first-order chi connectivity index (χ1) is 10.0. The molecule has 1 aromatic rings. The summed E-state index contributed by atoms with van der Waals surface area (Å²) in [7, 11) is 0. The van der Waals surface area contributed by atoms with Gasteiger partial charge in [0, 0.05) is 18.7 Å². The summed E-state index contributed by atoms with van der Waals surface area (Å²) < 4.78 is 28.2. The highest BCUT2D eigenvalue weighted by Gasteiger charge is 2.04. The van der Waals surface area contributed by atoms with Crippen LogP contribution < -0.4 is 10.1 Å². The second-order valence-electron chi connectivity index (χ2n) is 4.56. The number of halogens is 2. The molecule has 1 unspecified atom stereocenters. The predicted octanol–water partition coefficient (Wildman–Crippen LogP) is 2.58. The summed E-state index contributed by atoms with van der Waals surface area (Å²) in [5, 5.41) is 11.5. The molecule has 2 N–H and O–H groups in total. The third kappa shape index (κ3) is 7.41. The lowest BCUT2D eigenvalue weighted by Crippen LogP contribution is -2.31. The van der Waals surface area contributed by atoms with Gasteiger partial charge in [-0.2, -0.15) is 8.78 Å². The van der Waals surface area contributed by atoms with Gasteiger partial charge in [-0.1, -0.05) is 12.1 Å². The van der Waals surface area contributed by atoms with Gasteiger partial charge in [-0.15, -0.1) is 0 Å². The number of carbonyl (C=O) groups excluding carboxylic acids is 1. The first kappa shape index (κ1) is 17.1. The predicted molar refractivity (Wildman–Crippen MR) is 76.0 cm³/mol. The largest absolute Gasteiger partial charge is 0.435 e. The van der Waals surface area contributed by atoms with Crippen molar-refractivity contribution in [1.82, 2.24) is 5.32 Å². The van der Waals surface area contributed by atoms with Crippen LogP contribution >= 0.6 is 0 Å². The Hall–Kier alpha value is -1.95. The quantitative estimate of drug-likeness (QED) is 0.725.